The minimum absolute atomic E-state index is 0.155. The summed E-state index contributed by atoms with van der Waals surface area (Å²) in [5.74, 6) is -3.45. The summed E-state index contributed by atoms with van der Waals surface area (Å²) in [6.07, 6.45) is 3.48. The van der Waals surface area contributed by atoms with Crippen molar-refractivity contribution in [1.29, 1.82) is 5.26 Å². The molecule has 1 saturated carbocycles. The van der Waals surface area contributed by atoms with Crippen molar-refractivity contribution in [2.24, 2.45) is 5.41 Å². The molecule has 1 amide bonds. The zero-order valence-corrected chi connectivity index (χ0v) is 14.9. The Bertz CT molecular complexity index is 657. The molecule has 0 bridgehead atoms. The molecule has 6 heteroatoms. The van der Waals surface area contributed by atoms with Gasteiger partial charge in [0.15, 0.2) is 0 Å². The monoisotopic (exact) mass is 361 g/mol. The lowest BCUT2D eigenvalue weighted by Gasteiger charge is -2.38. The van der Waals surface area contributed by atoms with Crippen molar-refractivity contribution in [2.45, 2.75) is 50.5 Å². The third kappa shape index (κ3) is 4.79. The molecule has 4 nitrogen and oxygen atoms in total. The topological polar surface area (TPSA) is 56.1 Å². The van der Waals surface area contributed by atoms with E-state index in [1.807, 2.05) is 11.0 Å². The van der Waals surface area contributed by atoms with E-state index in [-0.39, 0.29) is 13.0 Å². The molecule has 1 heterocycles. The lowest BCUT2D eigenvalue weighted by Crippen LogP contribution is -2.52. The fourth-order valence-electron chi connectivity index (χ4n) is 3.87. The number of benzene rings is 1. The molecule has 1 spiro atoms. The molecule has 1 atom stereocenters. The Balaban J connectivity index is 1.67. The Hall–Kier alpha value is -2.00. The van der Waals surface area contributed by atoms with E-state index in [2.05, 4.69) is 5.32 Å². The zero-order chi connectivity index (χ0) is 18.6. The van der Waals surface area contributed by atoms with Crippen LogP contribution in [0.1, 0.15) is 37.7 Å². The van der Waals surface area contributed by atoms with Gasteiger partial charge in [-0.25, -0.2) is 8.78 Å². The van der Waals surface area contributed by atoms with Crippen molar-refractivity contribution < 1.29 is 13.6 Å². The van der Waals surface area contributed by atoms with Crippen LogP contribution in [0, 0.1) is 16.7 Å². The van der Waals surface area contributed by atoms with Gasteiger partial charge in [0.2, 0.25) is 5.91 Å². The maximum atomic E-state index is 14.7. The molecule has 1 saturated heterocycles. The minimum atomic E-state index is -2.98. The summed E-state index contributed by atoms with van der Waals surface area (Å²) < 4.78 is 29.4. The van der Waals surface area contributed by atoms with Crippen LogP contribution in [0.4, 0.5) is 8.78 Å². The summed E-state index contributed by atoms with van der Waals surface area (Å²) >= 11 is 0. The third-order valence-electron chi connectivity index (χ3n) is 5.70. The standard InChI is InChI=1S/C20H25F2N3O/c21-20(22,14-16-4-2-1-3-5-16)15-17(18(26)24-11-10-23)25-12-8-19(6-7-19)9-13-25/h1-5,17H,6-9,11-15H2,(H,24,26)/t17-/m0/s1. The lowest BCUT2D eigenvalue weighted by atomic mass is 9.91. The molecule has 0 aromatic heterocycles. The molecule has 2 aliphatic rings. The largest absolute Gasteiger partial charge is 0.342 e. The van der Waals surface area contributed by atoms with Crippen molar-refractivity contribution in [3.8, 4) is 6.07 Å². The first-order valence-corrected chi connectivity index (χ1v) is 9.24. The smallest absolute Gasteiger partial charge is 0.254 e. The number of carbonyl (C=O) groups is 1. The summed E-state index contributed by atoms with van der Waals surface area (Å²) in [6, 6.07) is 9.58. The fourth-order valence-corrected chi connectivity index (χ4v) is 3.87. The molecule has 140 valence electrons. The van der Waals surface area contributed by atoms with Gasteiger partial charge < -0.3 is 5.32 Å². The number of rotatable bonds is 7. The van der Waals surface area contributed by atoms with E-state index < -0.39 is 24.3 Å². The molecule has 1 N–H and O–H groups in total. The molecule has 3 rings (SSSR count). The van der Waals surface area contributed by atoms with Crippen LogP contribution in [-0.2, 0) is 11.2 Å². The van der Waals surface area contributed by atoms with E-state index in [1.54, 1.807) is 30.3 Å². The van der Waals surface area contributed by atoms with Crippen LogP contribution in [0.2, 0.25) is 0 Å². The normalized spacial score (nSPS) is 20.3. The summed E-state index contributed by atoms with van der Waals surface area (Å²) in [6.45, 7) is 1.19. The first kappa shape index (κ1) is 18.8. The van der Waals surface area contributed by atoms with Crippen LogP contribution in [-0.4, -0.2) is 42.4 Å². The molecule has 26 heavy (non-hydrogen) atoms. The molecule has 0 unspecified atom stereocenters. The first-order chi connectivity index (χ1) is 12.4. The average Bonchev–Trinajstić information content (AvgIpc) is 3.38. The van der Waals surface area contributed by atoms with E-state index in [1.165, 1.54) is 12.8 Å². The predicted molar refractivity (Wildman–Crippen MR) is 94.6 cm³/mol. The fraction of sp³-hybridized carbons (Fsp3) is 0.600. The minimum Gasteiger partial charge on any atom is -0.342 e. The first-order valence-electron chi connectivity index (χ1n) is 9.24. The highest BCUT2D eigenvalue weighted by Gasteiger charge is 2.47. The number of nitrogens with one attached hydrogen (secondary N) is 1. The second-order valence-corrected chi connectivity index (χ2v) is 7.65. The molecule has 0 radical (unpaired) electrons. The van der Waals surface area contributed by atoms with Gasteiger partial charge in [-0.15, -0.1) is 0 Å². The highest BCUT2D eigenvalue weighted by atomic mass is 19.3. The number of carbonyl (C=O) groups excluding carboxylic acids is 1. The van der Waals surface area contributed by atoms with Crippen molar-refractivity contribution in [3.05, 3.63) is 35.9 Å². The van der Waals surface area contributed by atoms with Gasteiger partial charge in [0.25, 0.3) is 5.92 Å². The zero-order valence-electron chi connectivity index (χ0n) is 14.9. The molecular weight excluding hydrogens is 336 g/mol. The van der Waals surface area contributed by atoms with Gasteiger partial charge >= 0.3 is 0 Å². The van der Waals surface area contributed by atoms with E-state index >= 15 is 0 Å². The number of amides is 1. The second-order valence-electron chi connectivity index (χ2n) is 7.65. The Morgan fingerprint density at radius 1 is 1.23 bits per heavy atom. The Morgan fingerprint density at radius 2 is 1.88 bits per heavy atom. The summed E-state index contributed by atoms with van der Waals surface area (Å²) in [7, 11) is 0. The maximum absolute atomic E-state index is 14.7. The van der Waals surface area contributed by atoms with Crippen LogP contribution in [0.5, 0.6) is 0 Å². The van der Waals surface area contributed by atoms with Gasteiger partial charge in [-0.1, -0.05) is 30.3 Å². The second kappa shape index (κ2) is 7.71. The number of likely N-dealkylation sites (tertiary alicyclic amines) is 1. The Kier molecular flexibility index (Phi) is 5.57. The number of alkyl halides is 2. The summed E-state index contributed by atoms with van der Waals surface area (Å²) in [5.41, 5.74) is 0.973. The van der Waals surface area contributed by atoms with Crippen LogP contribution in [0.25, 0.3) is 0 Å². The van der Waals surface area contributed by atoms with E-state index in [4.69, 9.17) is 5.26 Å². The number of hydrogen-bond donors (Lipinski definition) is 1. The van der Waals surface area contributed by atoms with Gasteiger partial charge in [0.05, 0.1) is 12.1 Å². The molecule has 2 fully saturated rings. The average molecular weight is 361 g/mol. The number of hydrogen-bond acceptors (Lipinski definition) is 3. The molecule has 1 aromatic rings. The van der Waals surface area contributed by atoms with Crippen LogP contribution in [0.3, 0.4) is 0 Å². The van der Waals surface area contributed by atoms with Crippen molar-refractivity contribution in [2.75, 3.05) is 19.6 Å². The van der Waals surface area contributed by atoms with E-state index in [0.29, 0.717) is 24.1 Å². The van der Waals surface area contributed by atoms with Crippen LogP contribution < -0.4 is 5.32 Å². The van der Waals surface area contributed by atoms with E-state index in [9.17, 15) is 13.6 Å². The molecule has 1 aliphatic carbocycles. The van der Waals surface area contributed by atoms with Crippen molar-refractivity contribution >= 4 is 5.91 Å². The SMILES string of the molecule is N#CCNC(=O)[C@H](CC(F)(F)Cc1ccccc1)N1CCC2(CC1)CC2. The summed E-state index contributed by atoms with van der Waals surface area (Å²) in [5, 5.41) is 11.2. The van der Waals surface area contributed by atoms with Gasteiger partial charge in [-0.05, 0) is 49.8 Å². The van der Waals surface area contributed by atoms with Crippen LogP contribution >= 0.6 is 0 Å². The molecular formula is C20H25F2N3O. The highest BCUT2D eigenvalue weighted by molar-refractivity contribution is 5.82. The quantitative estimate of drug-likeness (QED) is 0.759. The van der Waals surface area contributed by atoms with Gasteiger partial charge in [0.1, 0.15) is 6.54 Å². The number of nitrogens with zero attached hydrogens (tertiary/aromatic N) is 2. The lowest BCUT2D eigenvalue weighted by molar-refractivity contribution is -0.131. The Labute approximate surface area is 153 Å². The van der Waals surface area contributed by atoms with E-state index in [0.717, 1.165) is 12.8 Å². The van der Waals surface area contributed by atoms with Crippen molar-refractivity contribution in [1.82, 2.24) is 10.2 Å². The van der Waals surface area contributed by atoms with Gasteiger partial charge in [-0.2, -0.15) is 5.26 Å². The van der Waals surface area contributed by atoms with Gasteiger partial charge in [0, 0.05) is 12.8 Å². The van der Waals surface area contributed by atoms with Gasteiger partial charge in [-0.3, -0.25) is 9.69 Å². The third-order valence-corrected chi connectivity index (χ3v) is 5.70. The number of halogens is 2. The summed E-state index contributed by atoms with van der Waals surface area (Å²) in [4.78, 5) is 14.4. The maximum Gasteiger partial charge on any atom is 0.254 e. The van der Waals surface area contributed by atoms with Crippen LogP contribution in [0.15, 0.2) is 30.3 Å². The highest BCUT2D eigenvalue weighted by Crippen LogP contribution is 2.53. The Morgan fingerprint density at radius 3 is 2.46 bits per heavy atom. The predicted octanol–water partition coefficient (Wildman–Crippen LogP) is 3.14. The number of nitriles is 1. The number of piperidine rings is 1. The molecule has 1 aromatic carbocycles. The molecule has 1 aliphatic heterocycles. The van der Waals surface area contributed by atoms with Crippen molar-refractivity contribution in [3.63, 3.8) is 0 Å².